The lowest BCUT2D eigenvalue weighted by atomic mass is 9.92. The number of rotatable bonds is 17. The molecule has 0 radical (unpaired) electrons. The highest BCUT2D eigenvalue weighted by atomic mass is 16.6. The minimum absolute atomic E-state index is 0.226. The van der Waals surface area contributed by atoms with E-state index in [2.05, 4.69) is 57.7 Å². The lowest BCUT2D eigenvalue weighted by molar-refractivity contribution is -0.138. The highest BCUT2D eigenvalue weighted by Crippen LogP contribution is 2.32. The van der Waals surface area contributed by atoms with Gasteiger partial charge in [-0.2, -0.15) is 0 Å². The van der Waals surface area contributed by atoms with Crippen LogP contribution in [0.15, 0.2) is 77.9 Å². The van der Waals surface area contributed by atoms with E-state index in [1.807, 2.05) is 31.2 Å². The van der Waals surface area contributed by atoms with Crippen LogP contribution in [0, 0.1) is 11.8 Å². The lowest BCUT2D eigenvalue weighted by Crippen LogP contribution is -2.05. The van der Waals surface area contributed by atoms with Gasteiger partial charge in [-0.05, 0) is 70.3 Å². The molecule has 0 unspecified atom stereocenters. The van der Waals surface area contributed by atoms with E-state index in [1.54, 1.807) is 6.92 Å². The molecule has 1 heterocycles. The van der Waals surface area contributed by atoms with E-state index in [1.165, 1.54) is 16.7 Å². The number of esters is 1. The minimum Gasteiger partial charge on any atom is -0.463 e. The Morgan fingerprint density at radius 1 is 1.17 bits per heavy atom. The molecule has 1 aliphatic rings. The summed E-state index contributed by atoms with van der Waals surface area (Å²) in [7, 11) is 0. The molecule has 1 aromatic rings. The van der Waals surface area contributed by atoms with Crippen molar-refractivity contribution in [2.45, 2.75) is 85.5 Å². The first-order valence-electron chi connectivity index (χ1n) is 13.4. The molecule has 0 aromatic heterocycles. The number of carbonyl (C=O) groups is 1. The highest BCUT2D eigenvalue weighted by Gasteiger charge is 2.37. The van der Waals surface area contributed by atoms with Crippen molar-refractivity contribution in [2.24, 2.45) is 11.8 Å². The fourth-order valence-electron chi connectivity index (χ4n) is 4.17. The number of ether oxygens (including phenoxy) is 3. The number of benzene rings is 1. The number of carbonyl (C=O) groups excluding carboxylic acids is 1. The van der Waals surface area contributed by atoms with Crippen LogP contribution < -0.4 is 0 Å². The third-order valence-corrected chi connectivity index (χ3v) is 6.59. The van der Waals surface area contributed by atoms with Crippen molar-refractivity contribution in [3.05, 3.63) is 83.5 Å². The van der Waals surface area contributed by atoms with E-state index >= 15 is 0 Å². The maximum absolute atomic E-state index is 11.6. The molecular weight excluding hydrogens is 448 g/mol. The molecule has 0 saturated carbocycles. The molecule has 0 bridgehead atoms. The monoisotopic (exact) mass is 494 g/mol. The summed E-state index contributed by atoms with van der Waals surface area (Å²) < 4.78 is 16.7. The van der Waals surface area contributed by atoms with Crippen LogP contribution >= 0.6 is 0 Å². The van der Waals surface area contributed by atoms with Crippen LogP contribution in [0.4, 0.5) is 0 Å². The van der Waals surface area contributed by atoms with Crippen molar-refractivity contribution in [1.82, 2.24) is 0 Å². The van der Waals surface area contributed by atoms with E-state index < -0.39 is 0 Å². The second-order valence-corrected chi connectivity index (χ2v) is 10.1. The average Bonchev–Trinajstić information content (AvgIpc) is 3.58. The molecule has 0 N–H and O–H groups in total. The van der Waals surface area contributed by atoms with Gasteiger partial charge in [0.25, 0.3) is 0 Å². The molecule has 1 aliphatic heterocycles. The van der Waals surface area contributed by atoms with Crippen molar-refractivity contribution < 1.29 is 19.0 Å². The number of hydrogen-bond acceptors (Lipinski definition) is 4. The molecule has 1 fully saturated rings. The Hall–Kier alpha value is -2.43. The van der Waals surface area contributed by atoms with Gasteiger partial charge in [-0.15, -0.1) is 0 Å². The zero-order valence-electron chi connectivity index (χ0n) is 23.0. The van der Waals surface area contributed by atoms with Crippen molar-refractivity contribution in [3.8, 4) is 0 Å². The first-order valence-corrected chi connectivity index (χ1v) is 13.4. The van der Waals surface area contributed by atoms with Crippen LogP contribution in [0.25, 0.3) is 0 Å². The van der Waals surface area contributed by atoms with Crippen LogP contribution in [-0.4, -0.2) is 31.4 Å². The Balaban J connectivity index is 1.60. The van der Waals surface area contributed by atoms with Gasteiger partial charge in [0.05, 0.1) is 19.3 Å². The summed E-state index contributed by atoms with van der Waals surface area (Å²) in [6.45, 7) is 16.5. The maximum atomic E-state index is 11.6. The quantitative estimate of drug-likeness (QED) is 0.0554. The largest absolute Gasteiger partial charge is 0.463 e. The van der Waals surface area contributed by atoms with E-state index in [0.717, 1.165) is 38.7 Å². The van der Waals surface area contributed by atoms with E-state index in [-0.39, 0.29) is 12.1 Å². The fraction of sp³-hybridized carbons (Fsp3) is 0.531. The summed E-state index contributed by atoms with van der Waals surface area (Å²) >= 11 is 0. The number of hydrogen-bond donors (Lipinski definition) is 0. The summed E-state index contributed by atoms with van der Waals surface area (Å²) in [4.78, 5) is 11.6. The van der Waals surface area contributed by atoms with Gasteiger partial charge < -0.3 is 14.2 Å². The zero-order valence-corrected chi connectivity index (χ0v) is 23.0. The summed E-state index contributed by atoms with van der Waals surface area (Å²) in [6.07, 6.45) is 13.8. The Bertz CT molecular complexity index is 896. The minimum atomic E-state index is -0.227. The normalized spacial score (nSPS) is 19.8. The SMILES string of the molecule is C=C(/C=C(\C)[C@@H](C)CCOCc1ccccc1)C[C@H](C)C[C@H]1O[C@H]1/C=C/CC/C=C(\C)C(=O)OCC. The molecule has 4 heteroatoms. The van der Waals surface area contributed by atoms with E-state index in [9.17, 15) is 4.79 Å². The van der Waals surface area contributed by atoms with Crippen molar-refractivity contribution in [2.75, 3.05) is 13.2 Å². The van der Waals surface area contributed by atoms with Crippen LogP contribution in [0.3, 0.4) is 0 Å². The molecule has 0 spiro atoms. The summed E-state index contributed by atoms with van der Waals surface area (Å²) in [5, 5.41) is 0. The van der Waals surface area contributed by atoms with Crippen molar-refractivity contribution >= 4 is 5.97 Å². The molecule has 4 atom stereocenters. The molecular formula is C32H46O4. The van der Waals surface area contributed by atoms with Crippen molar-refractivity contribution in [3.63, 3.8) is 0 Å². The second kappa shape index (κ2) is 16.3. The van der Waals surface area contributed by atoms with Gasteiger partial charge in [-0.25, -0.2) is 4.79 Å². The molecule has 1 aromatic carbocycles. The number of epoxide rings is 1. The predicted molar refractivity (Wildman–Crippen MR) is 149 cm³/mol. The predicted octanol–water partition coefficient (Wildman–Crippen LogP) is 7.76. The first-order chi connectivity index (χ1) is 17.3. The Labute approximate surface area is 219 Å². The van der Waals surface area contributed by atoms with Crippen molar-refractivity contribution in [1.29, 1.82) is 0 Å². The number of unbranched alkanes of at least 4 members (excludes halogenated alkanes) is 1. The smallest absolute Gasteiger partial charge is 0.333 e. The van der Waals surface area contributed by atoms with Gasteiger partial charge in [0.15, 0.2) is 0 Å². The summed E-state index contributed by atoms with van der Waals surface area (Å²) in [5.74, 6) is 0.782. The molecule has 0 amide bonds. The Morgan fingerprint density at radius 3 is 2.64 bits per heavy atom. The van der Waals surface area contributed by atoms with E-state index in [0.29, 0.717) is 36.7 Å². The molecule has 198 valence electrons. The Morgan fingerprint density at radius 2 is 1.92 bits per heavy atom. The second-order valence-electron chi connectivity index (χ2n) is 10.1. The summed E-state index contributed by atoms with van der Waals surface area (Å²) in [6, 6.07) is 10.3. The van der Waals surface area contributed by atoms with Gasteiger partial charge in [-0.1, -0.05) is 86.2 Å². The Kier molecular flexibility index (Phi) is 13.5. The van der Waals surface area contributed by atoms with Gasteiger partial charge >= 0.3 is 5.97 Å². The number of allylic oxidation sites excluding steroid dienone is 5. The highest BCUT2D eigenvalue weighted by molar-refractivity contribution is 5.87. The standard InChI is InChI=1S/C32H46O4/c1-7-35-32(33)27(5)14-10-8-13-17-30-31(36-30)22-25(3)20-24(2)21-28(6)26(4)18-19-34-23-29-15-11-9-12-16-29/h9,11-17,21,25-26,30-31H,2,7-8,10,18-20,22-23H2,1,3-6H3/b17-13+,27-14+,28-21+/t25-,26-,30-,31+/m0/s1. The fourth-order valence-corrected chi connectivity index (χ4v) is 4.17. The van der Waals surface area contributed by atoms with E-state index in [4.69, 9.17) is 14.2 Å². The first kappa shape index (κ1) is 29.8. The van der Waals surface area contributed by atoms with Crippen LogP contribution in [0.1, 0.15) is 72.3 Å². The van der Waals surface area contributed by atoms with Crippen LogP contribution in [-0.2, 0) is 25.6 Å². The van der Waals surface area contributed by atoms with Crippen LogP contribution in [0.5, 0.6) is 0 Å². The van der Waals surface area contributed by atoms with Gasteiger partial charge in [0.1, 0.15) is 6.10 Å². The zero-order chi connectivity index (χ0) is 26.3. The third kappa shape index (κ3) is 12.0. The average molecular weight is 495 g/mol. The maximum Gasteiger partial charge on any atom is 0.333 e. The third-order valence-electron chi connectivity index (χ3n) is 6.59. The van der Waals surface area contributed by atoms with Crippen LogP contribution in [0.2, 0.25) is 0 Å². The van der Waals surface area contributed by atoms with Gasteiger partial charge in [0, 0.05) is 12.2 Å². The molecule has 2 rings (SSSR count). The molecule has 4 nitrogen and oxygen atoms in total. The molecule has 0 aliphatic carbocycles. The molecule has 1 saturated heterocycles. The summed E-state index contributed by atoms with van der Waals surface area (Å²) in [5.41, 5.74) is 4.45. The topological polar surface area (TPSA) is 48.1 Å². The van der Waals surface area contributed by atoms with Gasteiger partial charge in [-0.3, -0.25) is 0 Å². The lowest BCUT2D eigenvalue weighted by Gasteiger charge is -2.15. The molecule has 36 heavy (non-hydrogen) atoms. The van der Waals surface area contributed by atoms with Gasteiger partial charge in [0.2, 0.25) is 0 Å².